The average molecular weight is 471 g/mol. The quantitative estimate of drug-likeness (QED) is 0.298. The summed E-state index contributed by atoms with van der Waals surface area (Å²) in [6.45, 7) is 3.17. The highest BCUT2D eigenvalue weighted by Gasteiger charge is 2.19. The van der Waals surface area contributed by atoms with Crippen LogP contribution in [0.1, 0.15) is 11.4 Å². The highest BCUT2D eigenvalue weighted by Crippen LogP contribution is 2.36. The van der Waals surface area contributed by atoms with Gasteiger partial charge in [0.2, 0.25) is 0 Å². The van der Waals surface area contributed by atoms with Crippen LogP contribution in [0, 0.1) is 0 Å². The number of nitrogens with one attached hydrogen (secondary N) is 2. The van der Waals surface area contributed by atoms with Crippen LogP contribution in [0.3, 0.4) is 0 Å². The number of H-pyrrole nitrogens is 2. The fourth-order valence-corrected chi connectivity index (χ4v) is 5.36. The number of aromatic amines is 2. The number of rotatable bonds is 3. The van der Waals surface area contributed by atoms with E-state index in [0.717, 1.165) is 82.0 Å². The van der Waals surface area contributed by atoms with Crippen molar-refractivity contribution in [2.45, 2.75) is 0 Å². The second kappa shape index (κ2) is 8.70. The number of anilines is 1. The Labute approximate surface area is 209 Å². The average Bonchev–Trinajstić information content (AvgIpc) is 3.70. The molecule has 2 aromatic carbocycles. The van der Waals surface area contributed by atoms with Crippen molar-refractivity contribution in [1.29, 1.82) is 0 Å². The van der Waals surface area contributed by atoms with E-state index in [1.54, 1.807) is 0 Å². The van der Waals surface area contributed by atoms with Gasteiger partial charge in [-0.05, 0) is 47.5 Å². The van der Waals surface area contributed by atoms with Crippen LogP contribution in [-0.4, -0.2) is 41.3 Å². The van der Waals surface area contributed by atoms with Crippen LogP contribution in [0.25, 0.3) is 56.5 Å². The monoisotopic (exact) mass is 470 g/mol. The molecule has 2 aliphatic rings. The Morgan fingerprint density at radius 1 is 0.583 bits per heavy atom. The predicted molar refractivity (Wildman–Crippen MR) is 148 cm³/mol. The largest absolute Gasteiger partial charge is 0.378 e. The van der Waals surface area contributed by atoms with E-state index in [2.05, 4.69) is 112 Å². The lowest BCUT2D eigenvalue weighted by Gasteiger charge is -2.29. The van der Waals surface area contributed by atoms with Gasteiger partial charge in [0, 0.05) is 35.2 Å². The minimum absolute atomic E-state index is 0.728. The van der Waals surface area contributed by atoms with E-state index in [1.165, 1.54) is 5.69 Å². The molecule has 2 N–H and O–H groups in total. The lowest BCUT2D eigenvalue weighted by atomic mass is 10.0. The zero-order chi connectivity index (χ0) is 23.9. The van der Waals surface area contributed by atoms with E-state index in [1.807, 2.05) is 0 Å². The molecule has 0 saturated carbocycles. The van der Waals surface area contributed by atoms with Gasteiger partial charge in [-0.1, -0.05) is 60.7 Å². The van der Waals surface area contributed by atoms with Crippen LogP contribution in [-0.2, 0) is 4.74 Å². The van der Waals surface area contributed by atoms with Gasteiger partial charge in [0.1, 0.15) is 0 Å². The number of benzene rings is 2. The van der Waals surface area contributed by atoms with Gasteiger partial charge < -0.3 is 19.6 Å². The molecule has 0 unspecified atom stereocenters. The maximum atomic E-state index is 5.68. The minimum atomic E-state index is 0.728. The van der Waals surface area contributed by atoms with Crippen molar-refractivity contribution in [2.75, 3.05) is 31.2 Å². The zero-order valence-corrected chi connectivity index (χ0v) is 19.9. The highest BCUT2D eigenvalue weighted by molar-refractivity contribution is 5.98. The van der Waals surface area contributed by atoms with E-state index >= 15 is 0 Å². The van der Waals surface area contributed by atoms with Gasteiger partial charge in [-0.3, -0.25) is 0 Å². The Bertz CT molecular complexity index is 1540. The molecule has 0 radical (unpaired) electrons. The van der Waals surface area contributed by atoms with Gasteiger partial charge >= 0.3 is 0 Å². The van der Waals surface area contributed by atoms with E-state index in [-0.39, 0.29) is 0 Å². The van der Waals surface area contributed by atoms with Crippen molar-refractivity contribution in [3.8, 4) is 22.3 Å². The van der Waals surface area contributed by atoms with Gasteiger partial charge in [0.15, 0.2) is 0 Å². The second-order valence-electron chi connectivity index (χ2n) is 9.22. The van der Waals surface area contributed by atoms with Crippen molar-refractivity contribution in [3.63, 3.8) is 0 Å². The number of hydrogen-bond acceptors (Lipinski definition) is 3. The Morgan fingerprint density at radius 2 is 1.06 bits per heavy atom. The van der Waals surface area contributed by atoms with Crippen LogP contribution < -0.4 is 4.90 Å². The Balaban J connectivity index is 1.63. The first-order valence-electron chi connectivity index (χ1n) is 12.4. The van der Waals surface area contributed by atoms with Crippen LogP contribution >= 0.6 is 0 Å². The summed E-state index contributed by atoms with van der Waals surface area (Å²) in [4.78, 5) is 15.1. The van der Waals surface area contributed by atoms with Crippen molar-refractivity contribution in [1.82, 2.24) is 15.0 Å². The molecular weight excluding hydrogens is 444 g/mol. The third-order valence-corrected chi connectivity index (χ3v) is 7.03. The molecule has 0 amide bonds. The van der Waals surface area contributed by atoms with Crippen LogP contribution in [0.4, 0.5) is 5.69 Å². The van der Waals surface area contributed by atoms with E-state index in [4.69, 9.17) is 9.72 Å². The fourth-order valence-electron chi connectivity index (χ4n) is 5.36. The summed E-state index contributed by atoms with van der Waals surface area (Å²) < 4.78 is 5.68. The molecule has 2 aliphatic heterocycles. The second-order valence-corrected chi connectivity index (χ2v) is 9.22. The molecule has 1 fully saturated rings. The number of fused-ring (bicyclic) bond motifs is 6. The minimum Gasteiger partial charge on any atom is -0.378 e. The molecule has 1 saturated heterocycles. The topological polar surface area (TPSA) is 56.9 Å². The summed E-state index contributed by atoms with van der Waals surface area (Å²) in [6, 6.07) is 29.8. The molecule has 0 aliphatic carbocycles. The lowest BCUT2D eigenvalue weighted by molar-refractivity contribution is 0.123. The number of hydrogen-bond donors (Lipinski definition) is 2. The number of morpholine rings is 1. The third-order valence-electron chi connectivity index (χ3n) is 7.03. The van der Waals surface area contributed by atoms with E-state index in [9.17, 15) is 0 Å². The molecule has 176 valence electrons. The van der Waals surface area contributed by atoms with Gasteiger partial charge in [0.25, 0.3) is 0 Å². The maximum Gasteiger partial charge on any atom is 0.0846 e. The molecule has 6 bridgehead atoms. The summed E-state index contributed by atoms with van der Waals surface area (Å²) in [5, 5.41) is 0. The van der Waals surface area contributed by atoms with Gasteiger partial charge in [-0.2, -0.15) is 0 Å². The molecule has 5 nitrogen and oxygen atoms in total. The zero-order valence-electron chi connectivity index (χ0n) is 19.9. The first-order chi connectivity index (χ1) is 17.8. The molecule has 5 aromatic rings. The third kappa shape index (κ3) is 3.56. The van der Waals surface area contributed by atoms with Crippen molar-refractivity contribution in [2.24, 2.45) is 0 Å². The SMILES string of the molecule is C1=Cc2nc1c(-c1ccccc1)c1ccc([nH]1)c(N1CCOCC1)c1ccc([nH]1)c2-c1ccccc1. The van der Waals surface area contributed by atoms with Gasteiger partial charge in [-0.25, -0.2) is 4.98 Å². The van der Waals surface area contributed by atoms with Crippen molar-refractivity contribution < 1.29 is 4.74 Å². The number of ether oxygens (including phenoxy) is 1. The molecular formula is C31H26N4O. The van der Waals surface area contributed by atoms with E-state index in [0.29, 0.717) is 0 Å². The smallest absolute Gasteiger partial charge is 0.0846 e. The lowest BCUT2D eigenvalue weighted by Crippen LogP contribution is -2.36. The van der Waals surface area contributed by atoms with Crippen LogP contribution in [0.2, 0.25) is 0 Å². The Kier molecular flexibility index (Phi) is 5.07. The highest BCUT2D eigenvalue weighted by atomic mass is 16.5. The van der Waals surface area contributed by atoms with Crippen molar-refractivity contribution in [3.05, 3.63) is 96.3 Å². The van der Waals surface area contributed by atoms with Crippen LogP contribution in [0.15, 0.2) is 84.9 Å². The summed E-state index contributed by atoms with van der Waals surface area (Å²) in [5.41, 5.74) is 11.9. The molecule has 5 heterocycles. The van der Waals surface area contributed by atoms with E-state index < -0.39 is 0 Å². The first-order valence-corrected chi connectivity index (χ1v) is 12.4. The first kappa shape index (κ1) is 21.0. The summed E-state index contributed by atoms with van der Waals surface area (Å²) >= 11 is 0. The van der Waals surface area contributed by atoms with Gasteiger partial charge in [0.05, 0.1) is 41.3 Å². The molecule has 0 atom stereocenters. The predicted octanol–water partition coefficient (Wildman–Crippen LogP) is 6.82. The standard InChI is InChI=1S/C31H26N4O/c1-3-7-21(8-4-1)29-23-11-12-24(32-23)30(22-9-5-2-6-10-22)26-14-16-28(34-26)31(27-15-13-25(29)33-27)35-17-19-36-20-18-35/h1-16,33-34H,17-20H2. The maximum absolute atomic E-state index is 5.68. The molecule has 7 rings (SSSR count). The van der Waals surface area contributed by atoms with Crippen LogP contribution in [0.5, 0.6) is 0 Å². The normalized spacial score (nSPS) is 14.5. The molecule has 5 heteroatoms. The van der Waals surface area contributed by atoms with Crippen molar-refractivity contribution >= 4 is 39.9 Å². The fraction of sp³-hybridized carbons (Fsp3) is 0.129. The summed E-state index contributed by atoms with van der Waals surface area (Å²) in [7, 11) is 0. The molecule has 0 spiro atoms. The Morgan fingerprint density at radius 3 is 1.56 bits per heavy atom. The Hall–Kier alpha value is -4.35. The summed E-state index contributed by atoms with van der Waals surface area (Å²) in [5.74, 6) is 0. The summed E-state index contributed by atoms with van der Waals surface area (Å²) in [6.07, 6.45) is 4.27. The van der Waals surface area contributed by atoms with Gasteiger partial charge in [-0.15, -0.1) is 0 Å². The number of aromatic nitrogens is 3. The molecule has 36 heavy (non-hydrogen) atoms. The number of nitrogens with zero attached hydrogens (tertiary/aromatic N) is 2. The molecule has 3 aromatic heterocycles.